The van der Waals surface area contributed by atoms with E-state index in [4.69, 9.17) is 15.2 Å². The number of rotatable bonds is 4. The van der Waals surface area contributed by atoms with Crippen LogP contribution in [-0.2, 0) is 19.1 Å². The first-order chi connectivity index (χ1) is 9.17. The first-order valence-electron chi connectivity index (χ1n) is 7.04. The van der Waals surface area contributed by atoms with Crippen LogP contribution in [0.1, 0.15) is 40.5 Å². The van der Waals surface area contributed by atoms with Crippen molar-refractivity contribution in [2.45, 2.75) is 64.3 Å². The first kappa shape index (κ1) is 16.9. The van der Waals surface area contributed by atoms with Crippen LogP contribution >= 0.6 is 0 Å². The summed E-state index contributed by atoms with van der Waals surface area (Å²) in [6, 6.07) is -1.27. The Kier molecular flexibility index (Phi) is 5.53. The molecular formula is C14H26N2O4. The second-order valence-electron chi connectivity index (χ2n) is 6.14. The van der Waals surface area contributed by atoms with Crippen LogP contribution in [0.3, 0.4) is 0 Å². The first-order valence-corrected chi connectivity index (χ1v) is 7.04. The summed E-state index contributed by atoms with van der Waals surface area (Å²) in [5, 5.41) is 0. The Hall–Kier alpha value is -1.14. The zero-order valence-electron chi connectivity index (χ0n) is 13.0. The van der Waals surface area contributed by atoms with Crippen molar-refractivity contribution in [1.29, 1.82) is 0 Å². The van der Waals surface area contributed by atoms with Gasteiger partial charge in [-0.15, -0.1) is 0 Å². The summed E-state index contributed by atoms with van der Waals surface area (Å²) in [4.78, 5) is 25.6. The van der Waals surface area contributed by atoms with E-state index in [1.165, 1.54) is 0 Å². The zero-order chi connectivity index (χ0) is 15.5. The van der Waals surface area contributed by atoms with E-state index in [0.717, 1.165) is 0 Å². The highest BCUT2D eigenvalue weighted by atomic mass is 16.6. The third kappa shape index (κ3) is 4.18. The average molecular weight is 286 g/mol. The summed E-state index contributed by atoms with van der Waals surface area (Å²) in [6.45, 7) is 7.55. The molecule has 0 aromatic carbocycles. The molecule has 1 rings (SSSR count). The van der Waals surface area contributed by atoms with E-state index in [1.807, 2.05) is 25.7 Å². The monoisotopic (exact) mass is 286 g/mol. The molecule has 1 aliphatic heterocycles. The lowest BCUT2D eigenvalue weighted by atomic mass is 10.1. The number of nitrogens with two attached hydrogens (primary N) is 1. The van der Waals surface area contributed by atoms with E-state index >= 15 is 0 Å². The molecule has 1 unspecified atom stereocenters. The number of carbonyl (C=O) groups excluding carboxylic acids is 2. The lowest BCUT2D eigenvalue weighted by Gasteiger charge is -2.29. The molecule has 0 saturated carbocycles. The van der Waals surface area contributed by atoms with Crippen LogP contribution in [0.4, 0.5) is 0 Å². The summed E-state index contributed by atoms with van der Waals surface area (Å²) in [5.74, 6) is -0.687. The second-order valence-corrected chi connectivity index (χ2v) is 6.14. The summed E-state index contributed by atoms with van der Waals surface area (Å²) in [5.41, 5.74) is 5.41. The van der Waals surface area contributed by atoms with Crippen molar-refractivity contribution in [2.75, 3.05) is 13.7 Å². The van der Waals surface area contributed by atoms with E-state index in [-0.39, 0.29) is 18.1 Å². The summed E-state index contributed by atoms with van der Waals surface area (Å²) in [6.07, 6.45) is 1.32. The standard InChI is InChI=1S/C14H26N2O4/c1-6-19-13(18)11(15)9-7-8-10(16(9)5)12(17)20-14(2,3)4/h9-11H,6-8,15H2,1-5H3/t9?,10-,11-/m1/s1. The predicted molar refractivity (Wildman–Crippen MR) is 75.0 cm³/mol. The predicted octanol–water partition coefficient (Wildman–Crippen LogP) is 0.681. The van der Waals surface area contributed by atoms with Crippen LogP contribution < -0.4 is 5.73 Å². The third-order valence-corrected chi connectivity index (χ3v) is 3.40. The molecule has 20 heavy (non-hydrogen) atoms. The Bertz CT molecular complexity index is 365. The van der Waals surface area contributed by atoms with Gasteiger partial charge >= 0.3 is 11.9 Å². The molecule has 0 aromatic heterocycles. The lowest BCUT2D eigenvalue weighted by Crippen LogP contribution is -2.51. The van der Waals surface area contributed by atoms with Gasteiger partial charge < -0.3 is 15.2 Å². The fourth-order valence-electron chi connectivity index (χ4n) is 2.45. The molecule has 0 aliphatic carbocycles. The van der Waals surface area contributed by atoms with Gasteiger partial charge in [-0.2, -0.15) is 0 Å². The molecule has 1 saturated heterocycles. The molecule has 2 N–H and O–H groups in total. The molecule has 1 aliphatic rings. The number of hydrogen-bond acceptors (Lipinski definition) is 6. The normalized spacial score (nSPS) is 25.3. The van der Waals surface area contributed by atoms with Crippen molar-refractivity contribution in [1.82, 2.24) is 4.90 Å². The van der Waals surface area contributed by atoms with Crippen LogP contribution in [0.5, 0.6) is 0 Å². The largest absolute Gasteiger partial charge is 0.465 e. The molecule has 1 fully saturated rings. The summed E-state index contributed by atoms with van der Waals surface area (Å²) >= 11 is 0. The molecule has 0 amide bonds. The fraction of sp³-hybridized carbons (Fsp3) is 0.857. The van der Waals surface area contributed by atoms with Gasteiger partial charge in [0.05, 0.1) is 6.61 Å². The van der Waals surface area contributed by atoms with Crippen molar-refractivity contribution in [3.8, 4) is 0 Å². The molecule has 6 heteroatoms. The van der Waals surface area contributed by atoms with E-state index in [2.05, 4.69) is 0 Å². The van der Waals surface area contributed by atoms with Gasteiger partial charge in [-0.05, 0) is 47.6 Å². The SMILES string of the molecule is CCOC(=O)[C@H](N)C1CC[C@H](C(=O)OC(C)(C)C)N1C. The van der Waals surface area contributed by atoms with Crippen LogP contribution in [0, 0.1) is 0 Å². The Morgan fingerprint density at radius 3 is 2.45 bits per heavy atom. The Morgan fingerprint density at radius 2 is 1.95 bits per heavy atom. The topological polar surface area (TPSA) is 81.9 Å². The average Bonchev–Trinajstić information content (AvgIpc) is 2.68. The third-order valence-electron chi connectivity index (χ3n) is 3.40. The van der Waals surface area contributed by atoms with E-state index in [9.17, 15) is 9.59 Å². The number of hydrogen-bond donors (Lipinski definition) is 1. The number of esters is 2. The quantitative estimate of drug-likeness (QED) is 0.765. The van der Waals surface area contributed by atoms with Crippen LogP contribution in [0.15, 0.2) is 0 Å². The summed E-state index contributed by atoms with van der Waals surface area (Å²) < 4.78 is 10.3. The van der Waals surface area contributed by atoms with Gasteiger partial charge in [-0.1, -0.05) is 0 Å². The molecule has 3 atom stereocenters. The number of likely N-dealkylation sites (N-methyl/N-ethyl adjacent to an activating group) is 1. The Labute approximate surface area is 120 Å². The second kappa shape index (κ2) is 6.54. The lowest BCUT2D eigenvalue weighted by molar-refractivity contribution is -0.161. The van der Waals surface area contributed by atoms with E-state index in [0.29, 0.717) is 19.4 Å². The van der Waals surface area contributed by atoms with E-state index in [1.54, 1.807) is 14.0 Å². The molecule has 6 nitrogen and oxygen atoms in total. The Balaban J connectivity index is 2.65. The maximum absolute atomic E-state index is 12.1. The minimum Gasteiger partial charge on any atom is -0.465 e. The molecule has 0 bridgehead atoms. The minimum absolute atomic E-state index is 0.188. The van der Waals surface area contributed by atoms with E-state index < -0.39 is 17.6 Å². The highest BCUT2D eigenvalue weighted by molar-refractivity contribution is 5.79. The van der Waals surface area contributed by atoms with Crippen molar-refractivity contribution < 1.29 is 19.1 Å². The van der Waals surface area contributed by atoms with Crippen molar-refractivity contribution in [2.24, 2.45) is 5.73 Å². The molecule has 0 radical (unpaired) electrons. The van der Waals surface area contributed by atoms with Gasteiger partial charge in [0.1, 0.15) is 17.7 Å². The smallest absolute Gasteiger partial charge is 0.324 e. The van der Waals surface area contributed by atoms with Gasteiger partial charge in [0.15, 0.2) is 0 Å². The zero-order valence-corrected chi connectivity index (χ0v) is 13.0. The van der Waals surface area contributed by atoms with Crippen molar-refractivity contribution in [3.05, 3.63) is 0 Å². The van der Waals surface area contributed by atoms with Gasteiger partial charge in [0, 0.05) is 6.04 Å². The van der Waals surface area contributed by atoms with Crippen LogP contribution in [0.2, 0.25) is 0 Å². The summed E-state index contributed by atoms with van der Waals surface area (Å²) in [7, 11) is 1.80. The van der Waals surface area contributed by atoms with Crippen molar-refractivity contribution >= 4 is 11.9 Å². The highest BCUT2D eigenvalue weighted by Crippen LogP contribution is 2.26. The van der Waals surface area contributed by atoms with Crippen LogP contribution in [0.25, 0.3) is 0 Å². The van der Waals surface area contributed by atoms with Gasteiger partial charge in [0.25, 0.3) is 0 Å². The number of nitrogens with zero attached hydrogens (tertiary/aromatic N) is 1. The van der Waals surface area contributed by atoms with Gasteiger partial charge in [-0.25, -0.2) is 0 Å². The van der Waals surface area contributed by atoms with Crippen LogP contribution in [-0.4, -0.2) is 54.2 Å². The fourth-order valence-corrected chi connectivity index (χ4v) is 2.45. The maximum Gasteiger partial charge on any atom is 0.324 e. The molecule has 0 spiro atoms. The Morgan fingerprint density at radius 1 is 1.35 bits per heavy atom. The van der Waals surface area contributed by atoms with Crippen molar-refractivity contribution in [3.63, 3.8) is 0 Å². The van der Waals surface area contributed by atoms with Gasteiger partial charge in [-0.3, -0.25) is 14.5 Å². The molecular weight excluding hydrogens is 260 g/mol. The molecule has 1 heterocycles. The molecule has 0 aromatic rings. The number of ether oxygens (including phenoxy) is 2. The highest BCUT2D eigenvalue weighted by Gasteiger charge is 2.42. The molecule has 116 valence electrons. The number of likely N-dealkylation sites (tertiary alicyclic amines) is 1. The number of carbonyl (C=O) groups is 2. The minimum atomic E-state index is -0.729. The maximum atomic E-state index is 12.1. The van der Waals surface area contributed by atoms with Gasteiger partial charge in [0.2, 0.25) is 0 Å².